The molecule has 0 aliphatic rings. The molecule has 0 heterocycles. The zero-order valence-corrected chi connectivity index (χ0v) is 11.4. The smallest absolute Gasteiger partial charge is 0.161 e. The van der Waals surface area contributed by atoms with Gasteiger partial charge in [-0.1, -0.05) is 26.0 Å². The van der Waals surface area contributed by atoms with Crippen LogP contribution in [0.25, 0.3) is 0 Å². The van der Waals surface area contributed by atoms with Gasteiger partial charge in [-0.25, -0.2) is 0 Å². The fourth-order valence-electron chi connectivity index (χ4n) is 1.47. The second-order valence-electron chi connectivity index (χ2n) is 4.22. The summed E-state index contributed by atoms with van der Waals surface area (Å²) in [5.41, 5.74) is 0. The lowest BCUT2D eigenvalue weighted by Crippen LogP contribution is -2.27. The zero-order valence-electron chi connectivity index (χ0n) is 11.4. The van der Waals surface area contributed by atoms with E-state index in [2.05, 4.69) is 19.2 Å². The fraction of sp³-hybridized carbons (Fsp3) is 0.571. The van der Waals surface area contributed by atoms with Gasteiger partial charge in [0.15, 0.2) is 11.5 Å². The van der Waals surface area contributed by atoms with Gasteiger partial charge < -0.3 is 19.5 Å². The molecule has 1 aromatic rings. The summed E-state index contributed by atoms with van der Waals surface area (Å²) in [6, 6.07) is 8.10. The van der Waals surface area contributed by atoms with Crippen molar-refractivity contribution in [2.75, 3.05) is 33.5 Å². The van der Waals surface area contributed by atoms with E-state index >= 15 is 0 Å². The molecule has 0 spiro atoms. The average molecular weight is 253 g/mol. The average Bonchev–Trinajstić information content (AvgIpc) is 2.37. The summed E-state index contributed by atoms with van der Waals surface area (Å²) >= 11 is 0. The minimum atomic E-state index is 0.499. The molecule has 1 rings (SSSR count). The molecular formula is C14H23NO3. The largest absolute Gasteiger partial charge is 0.493 e. The van der Waals surface area contributed by atoms with Crippen molar-refractivity contribution in [3.8, 4) is 11.5 Å². The summed E-state index contributed by atoms with van der Waals surface area (Å²) in [5.74, 6) is 1.50. The van der Waals surface area contributed by atoms with E-state index < -0.39 is 0 Å². The molecule has 4 heteroatoms. The highest BCUT2D eigenvalue weighted by atomic mass is 16.5. The normalized spacial score (nSPS) is 10.7. The van der Waals surface area contributed by atoms with Crippen molar-refractivity contribution in [1.82, 2.24) is 5.32 Å². The van der Waals surface area contributed by atoms with Crippen LogP contribution in [0.4, 0.5) is 0 Å². The number of ether oxygens (including phenoxy) is 3. The second kappa shape index (κ2) is 8.78. The zero-order chi connectivity index (χ0) is 13.2. The highest BCUT2D eigenvalue weighted by molar-refractivity contribution is 5.39. The number of hydrogen-bond acceptors (Lipinski definition) is 4. The van der Waals surface area contributed by atoms with Gasteiger partial charge >= 0.3 is 0 Å². The van der Waals surface area contributed by atoms with Gasteiger partial charge in [0, 0.05) is 12.6 Å². The molecule has 0 aromatic heterocycles. The topological polar surface area (TPSA) is 39.7 Å². The van der Waals surface area contributed by atoms with Crippen LogP contribution in [0.5, 0.6) is 11.5 Å². The van der Waals surface area contributed by atoms with Crippen LogP contribution in [0.1, 0.15) is 13.8 Å². The van der Waals surface area contributed by atoms with E-state index in [1.807, 2.05) is 24.3 Å². The highest BCUT2D eigenvalue weighted by Crippen LogP contribution is 2.25. The van der Waals surface area contributed by atoms with E-state index in [1.165, 1.54) is 0 Å². The molecule has 1 N–H and O–H groups in total. The van der Waals surface area contributed by atoms with Crippen LogP contribution in [0.2, 0.25) is 0 Å². The van der Waals surface area contributed by atoms with E-state index in [4.69, 9.17) is 14.2 Å². The van der Waals surface area contributed by atoms with Crippen LogP contribution in [0, 0.1) is 0 Å². The number of hydrogen-bond donors (Lipinski definition) is 1. The number of methoxy groups -OCH3 is 1. The Labute approximate surface area is 109 Å². The van der Waals surface area contributed by atoms with E-state index in [-0.39, 0.29) is 0 Å². The molecule has 0 saturated heterocycles. The molecule has 0 radical (unpaired) electrons. The lowest BCUT2D eigenvalue weighted by Gasteiger charge is -2.11. The van der Waals surface area contributed by atoms with Crippen molar-refractivity contribution < 1.29 is 14.2 Å². The van der Waals surface area contributed by atoms with E-state index in [0.29, 0.717) is 25.9 Å². The monoisotopic (exact) mass is 253 g/mol. The third kappa shape index (κ3) is 5.89. The highest BCUT2D eigenvalue weighted by Gasteiger charge is 2.01. The summed E-state index contributed by atoms with van der Waals surface area (Å²) < 4.78 is 16.2. The molecule has 0 unspecified atom stereocenters. The molecular weight excluding hydrogens is 230 g/mol. The van der Waals surface area contributed by atoms with Crippen molar-refractivity contribution in [2.24, 2.45) is 0 Å². The van der Waals surface area contributed by atoms with Crippen molar-refractivity contribution in [3.05, 3.63) is 24.3 Å². The summed E-state index contributed by atoms with van der Waals surface area (Å²) in [7, 11) is 1.64. The molecule has 0 aliphatic heterocycles. The van der Waals surface area contributed by atoms with Crippen LogP contribution in [0.3, 0.4) is 0 Å². The first-order chi connectivity index (χ1) is 8.74. The maximum absolute atomic E-state index is 5.59. The predicted octanol–water partition coefficient (Wildman–Crippen LogP) is 2.09. The molecule has 0 atom stereocenters. The molecule has 0 saturated carbocycles. The van der Waals surface area contributed by atoms with Crippen molar-refractivity contribution in [3.63, 3.8) is 0 Å². The minimum Gasteiger partial charge on any atom is -0.493 e. The molecule has 102 valence electrons. The van der Waals surface area contributed by atoms with Crippen molar-refractivity contribution in [2.45, 2.75) is 19.9 Å². The van der Waals surface area contributed by atoms with Gasteiger partial charge in [0.1, 0.15) is 6.61 Å². The summed E-state index contributed by atoms with van der Waals surface area (Å²) in [4.78, 5) is 0. The lowest BCUT2D eigenvalue weighted by molar-refractivity contribution is 0.0997. The third-order valence-corrected chi connectivity index (χ3v) is 2.35. The molecule has 0 bridgehead atoms. The lowest BCUT2D eigenvalue weighted by atomic mass is 10.3. The SMILES string of the molecule is COc1ccccc1OCCOCCNC(C)C. The van der Waals surface area contributed by atoms with Gasteiger partial charge in [-0.3, -0.25) is 0 Å². The Morgan fingerprint density at radius 2 is 1.78 bits per heavy atom. The Hall–Kier alpha value is -1.26. The summed E-state index contributed by atoms with van der Waals surface area (Å²) in [5, 5.41) is 3.29. The first-order valence-corrected chi connectivity index (χ1v) is 6.31. The standard InChI is InChI=1S/C14H23NO3/c1-12(2)15-8-9-17-10-11-18-14-7-5-4-6-13(14)16-3/h4-7,12,15H,8-11H2,1-3H3. The van der Waals surface area contributed by atoms with Gasteiger partial charge in [-0.05, 0) is 12.1 Å². The quantitative estimate of drug-likeness (QED) is 0.684. The number of benzene rings is 1. The van der Waals surface area contributed by atoms with Crippen molar-refractivity contribution in [1.29, 1.82) is 0 Å². The van der Waals surface area contributed by atoms with Crippen LogP contribution in [-0.2, 0) is 4.74 Å². The molecule has 18 heavy (non-hydrogen) atoms. The third-order valence-electron chi connectivity index (χ3n) is 2.35. The number of nitrogens with one attached hydrogen (secondary N) is 1. The van der Waals surface area contributed by atoms with Crippen LogP contribution in [0.15, 0.2) is 24.3 Å². The van der Waals surface area contributed by atoms with Crippen LogP contribution >= 0.6 is 0 Å². The predicted molar refractivity (Wildman–Crippen MR) is 72.4 cm³/mol. The van der Waals surface area contributed by atoms with E-state index in [1.54, 1.807) is 7.11 Å². The first kappa shape index (κ1) is 14.8. The maximum Gasteiger partial charge on any atom is 0.161 e. The second-order valence-corrected chi connectivity index (χ2v) is 4.22. The van der Waals surface area contributed by atoms with Crippen LogP contribution in [-0.4, -0.2) is 39.5 Å². The van der Waals surface area contributed by atoms with Crippen molar-refractivity contribution >= 4 is 0 Å². The molecule has 0 fully saturated rings. The summed E-state index contributed by atoms with van der Waals surface area (Å²) in [6.45, 7) is 6.91. The van der Waals surface area contributed by atoms with Crippen LogP contribution < -0.4 is 14.8 Å². The molecule has 1 aromatic carbocycles. The van der Waals surface area contributed by atoms with Gasteiger partial charge in [-0.2, -0.15) is 0 Å². The van der Waals surface area contributed by atoms with E-state index in [9.17, 15) is 0 Å². The Bertz CT molecular complexity index is 329. The van der Waals surface area contributed by atoms with Gasteiger partial charge in [0.25, 0.3) is 0 Å². The Morgan fingerprint density at radius 1 is 1.06 bits per heavy atom. The molecule has 4 nitrogen and oxygen atoms in total. The van der Waals surface area contributed by atoms with Gasteiger partial charge in [0.05, 0.1) is 20.3 Å². The first-order valence-electron chi connectivity index (χ1n) is 6.31. The Kier molecular flexibility index (Phi) is 7.22. The maximum atomic E-state index is 5.59. The van der Waals surface area contributed by atoms with Gasteiger partial charge in [-0.15, -0.1) is 0 Å². The van der Waals surface area contributed by atoms with E-state index in [0.717, 1.165) is 18.0 Å². The molecule has 0 aliphatic carbocycles. The Morgan fingerprint density at radius 3 is 2.44 bits per heavy atom. The fourth-order valence-corrected chi connectivity index (χ4v) is 1.47. The molecule has 0 amide bonds. The minimum absolute atomic E-state index is 0.499. The van der Waals surface area contributed by atoms with Gasteiger partial charge in [0.2, 0.25) is 0 Å². The Balaban J connectivity index is 2.10. The number of para-hydroxylation sites is 2. The summed E-state index contributed by atoms with van der Waals surface area (Å²) in [6.07, 6.45) is 0. The number of rotatable bonds is 9.